The first-order valence-corrected chi connectivity index (χ1v) is 3.30. The Labute approximate surface area is 62.5 Å². The fourth-order valence-electron chi connectivity index (χ4n) is 0.550. The highest BCUT2D eigenvalue weighted by molar-refractivity contribution is 9.10. The van der Waals surface area contributed by atoms with Crippen LogP contribution in [0.2, 0.25) is 0 Å². The van der Waals surface area contributed by atoms with Gasteiger partial charge in [0, 0.05) is 0 Å². The first-order chi connectivity index (χ1) is 4.20. The van der Waals surface area contributed by atoms with Gasteiger partial charge in [0.1, 0.15) is 5.75 Å². The van der Waals surface area contributed by atoms with E-state index in [2.05, 4.69) is 22.9 Å². The van der Waals surface area contributed by atoms with Gasteiger partial charge < -0.3 is 5.11 Å². The third kappa shape index (κ3) is 1.45. The van der Waals surface area contributed by atoms with E-state index in [9.17, 15) is 0 Å². The van der Waals surface area contributed by atoms with E-state index in [0.717, 1.165) is 5.56 Å². The molecule has 47 valence electrons. The van der Waals surface area contributed by atoms with Crippen LogP contribution in [0.5, 0.6) is 5.75 Å². The summed E-state index contributed by atoms with van der Waals surface area (Å²) in [5.74, 6) is 0.252. The van der Waals surface area contributed by atoms with E-state index in [1.165, 1.54) is 0 Å². The lowest BCUT2D eigenvalue weighted by molar-refractivity contribution is 0.472. The van der Waals surface area contributed by atoms with Crippen LogP contribution >= 0.6 is 15.9 Å². The largest absolute Gasteiger partial charge is 0.507 e. The predicted octanol–water partition coefficient (Wildman–Crippen LogP) is 2.34. The van der Waals surface area contributed by atoms with Crippen molar-refractivity contribution < 1.29 is 5.11 Å². The molecular formula is C7H6BrO. The summed E-state index contributed by atoms with van der Waals surface area (Å²) in [5.41, 5.74) is 0.889. The van der Waals surface area contributed by atoms with E-state index in [0.29, 0.717) is 4.47 Å². The highest BCUT2D eigenvalue weighted by atomic mass is 79.9. The van der Waals surface area contributed by atoms with E-state index in [1.54, 1.807) is 18.2 Å². The molecule has 0 saturated carbocycles. The highest BCUT2D eigenvalue weighted by Crippen LogP contribution is 2.23. The third-order valence-corrected chi connectivity index (χ3v) is 1.65. The summed E-state index contributed by atoms with van der Waals surface area (Å²) >= 11 is 3.16. The lowest BCUT2D eigenvalue weighted by Gasteiger charge is -1.95. The zero-order chi connectivity index (χ0) is 6.85. The second-order valence-corrected chi connectivity index (χ2v) is 2.64. The molecule has 1 N–H and O–H groups in total. The smallest absolute Gasteiger partial charge is 0.129 e. The van der Waals surface area contributed by atoms with Crippen molar-refractivity contribution in [2.75, 3.05) is 0 Å². The summed E-state index contributed by atoms with van der Waals surface area (Å²) in [6.07, 6.45) is 0. The Kier molecular flexibility index (Phi) is 1.76. The Bertz CT molecular complexity index is 220. The summed E-state index contributed by atoms with van der Waals surface area (Å²) in [6.45, 7) is 3.68. The molecule has 0 aromatic heterocycles. The van der Waals surface area contributed by atoms with Crippen molar-refractivity contribution in [3.8, 4) is 5.75 Å². The van der Waals surface area contributed by atoms with Crippen molar-refractivity contribution in [1.82, 2.24) is 0 Å². The van der Waals surface area contributed by atoms with Crippen LogP contribution in [-0.2, 0) is 0 Å². The van der Waals surface area contributed by atoms with Gasteiger partial charge in [-0.3, -0.25) is 0 Å². The molecule has 0 aliphatic heterocycles. The quantitative estimate of drug-likeness (QED) is 0.659. The molecule has 1 nitrogen and oxygen atoms in total. The molecule has 0 saturated heterocycles. The van der Waals surface area contributed by atoms with E-state index in [1.807, 2.05) is 0 Å². The molecule has 0 aliphatic carbocycles. The first-order valence-electron chi connectivity index (χ1n) is 2.50. The highest BCUT2D eigenvalue weighted by Gasteiger charge is 1.93. The second-order valence-electron chi connectivity index (χ2n) is 1.79. The molecule has 0 spiro atoms. The fourth-order valence-corrected chi connectivity index (χ4v) is 0.977. The second kappa shape index (κ2) is 2.40. The zero-order valence-corrected chi connectivity index (χ0v) is 6.35. The Morgan fingerprint density at radius 1 is 1.44 bits per heavy atom. The molecule has 0 unspecified atom stereocenters. The van der Waals surface area contributed by atoms with Crippen LogP contribution in [0.3, 0.4) is 0 Å². The Hall–Kier alpha value is -0.500. The van der Waals surface area contributed by atoms with Gasteiger partial charge in [-0.25, -0.2) is 0 Å². The van der Waals surface area contributed by atoms with Crippen molar-refractivity contribution in [3.63, 3.8) is 0 Å². The molecule has 0 atom stereocenters. The van der Waals surface area contributed by atoms with Gasteiger partial charge in [-0.15, -0.1) is 0 Å². The van der Waals surface area contributed by atoms with Crippen LogP contribution in [0.15, 0.2) is 22.7 Å². The molecule has 0 amide bonds. The number of benzene rings is 1. The maximum absolute atomic E-state index is 8.97. The van der Waals surface area contributed by atoms with Crippen molar-refractivity contribution >= 4 is 15.9 Å². The normalized spacial score (nSPS) is 9.56. The SMILES string of the molecule is [CH2]c1ccc(O)c(Br)c1. The van der Waals surface area contributed by atoms with E-state index in [-0.39, 0.29) is 5.75 Å². The summed E-state index contributed by atoms with van der Waals surface area (Å²) in [7, 11) is 0. The van der Waals surface area contributed by atoms with Crippen LogP contribution in [-0.4, -0.2) is 5.11 Å². The van der Waals surface area contributed by atoms with Gasteiger partial charge in [0.25, 0.3) is 0 Å². The van der Waals surface area contributed by atoms with Gasteiger partial charge in [-0.05, 0) is 40.5 Å². The predicted molar refractivity (Wildman–Crippen MR) is 40.3 cm³/mol. The topological polar surface area (TPSA) is 20.2 Å². The molecular weight excluding hydrogens is 180 g/mol. The van der Waals surface area contributed by atoms with Crippen molar-refractivity contribution in [2.45, 2.75) is 0 Å². The Morgan fingerprint density at radius 3 is 2.56 bits per heavy atom. The van der Waals surface area contributed by atoms with Crippen molar-refractivity contribution in [2.24, 2.45) is 0 Å². The summed E-state index contributed by atoms with van der Waals surface area (Å²) < 4.78 is 0.690. The average Bonchev–Trinajstić information content (AvgIpc) is 1.80. The minimum Gasteiger partial charge on any atom is -0.507 e. The number of hydrogen-bond acceptors (Lipinski definition) is 1. The summed E-state index contributed by atoms with van der Waals surface area (Å²) in [5, 5.41) is 8.97. The fraction of sp³-hybridized carbons (Fsp3) is 0. The zero-order valence-electron chi connectivity index (χ0n) is 4.76. The first kappa shape index (κ1) is 6.62. The van der Waals surface area contributed by atoms with Crippen LogP contribution < -0.4 is 0 Å². The molecule has 0 fully saturated rings. The maximum Gasteiger partial charge on any atom is 0.129 e. The van der Waals surface area contributed by atoms with Crippen molar-refractivity contribution in [1.29, 1.82) is 0 Å². The average molecular weight is 186 g/mol. The maximum atomic E-state index is 8.97. The minimum absolute atomic E-state index is 0.252. The number of rotatable bonds is 0. The number of aromatic hydroxyl groups is 1. The molecule has 9 heavy (non-hydrogen) atoms. The Morgan fingerprint density at radius 2 is 2.11 bits per heavy atom. The molecule has 0 heterocycles. The van der Waals surface area contributed by atoms with Crippen LogP contribution in [0.1, 0.15) is 5.56 Å². The monoisotopic (exact) mass is 185 g/mol. The van der Waals surface area contributed by atoms with Gasteiger partial charge in [-0.2, -0.15) is 0 Å². The molecule has 1 radical (unpaired) electrons. The number of phenols is 1. The molecule has 1 aromatic rings. The molecule has 1 rings (SSSR count). The van der Waals surface area contributed by atoms with Gasteiger partial charge in [0.2, 0.25) is 0 Å². The van der Waals surface area contributed by atoms with Crippen molar-refractivity contribution in [3.05, 3.63) is 35.2 Å². The summed E-state index contributed by atoms with van der Waals surface area (Å²) in [4.78, 5) is 0. The van der Waals surface area contributed by atoms with Gasteiger partial charge in [0.15, 0.2) is 0 Å². The molecule has 0 bridgehead atoms. The summed E-state index contributed by atoms with van der Waals surface area (Å²) in [6, 6.07) is 5.11. The Balaban J connectivity index is 3.17. The number of phenolic OH excluding ortho intramolecular Hbond substituents is 1. The van der Waals surface area contributed by atoms with E-state index < -0.39 is 0 Å². The molecule has 2 heteroatoms. The third-order valence-electron chi connectivity index (χ3n) is 1.01. The van der Waals surface area contributed by atoms with Gasteiger partial charge in [0.05, 0.1) is 4.47 Å². The van der Waals surface area contributed by atoms with Crippen LogP contribution in [0.4, 0.5) is 0 Å². The van der Waals surface area contributed by atoms with Gasteiger partial charge >= 0.3 is 0 Å². The molecule has 0 aliphatic rings. The lowest BCUT2D eigenvalue weighted by atomic mass is 10.2. The van der Waals surface area contributed by atoms with Crippen LogP contribution in [0, 0.1) is 6.92 Å². The van der Waals surface area contributed by atoms with Crippen LogP contribution in [0.25, 0.3) is 0 Å². The number of halogens is 1. The number of hydrogen-bond donors (Lipinski definition) is 1. The van der Waals surface area contributed by atoms with E-state index >= 15 is 0 Å². The van der Waals surface area contributed by atoms with Gasteiger partial charge in [-0.1, -0.05) is 6.07 Å². The lowest BCUT2D eigenvalue weighted by Crippen LogP contribution is -1.71. The molecule has 1 aromatic carbocycles. The minimum atomic E-state index is 0.252. The standard InChI is InChI=1S/C7H6BrO/c1-5-2-3-7(9)6(8)4-5/h2-4,9H,1H2. The van der Waals surface area contributed by atoms with E-state index in [4.69, 9.17) is 5.11 Å².